The average Bonchev–Trinajstić information content (AvgIpc) is 3.33. The predicted molar refractivity (Wildman–Crippen MR) is 148 cm³/mol. The molecule has 0 aliphatic carbocycles. The number of ether oxygens (including phenoxy) is 3. The zero-order chi connectivity index (χ0) is 29.4. The quantitative estimate of drug-likeness (QED) is 0.211. The van der Waals surface area contributed by atoms with Crippen LogP contribution in [0.4, 0.5) is 20.3 Å². The van der Waals surface area contributed by atoms with Gasteiger partial charge in [-0.1, -0.05) is 6.07 Å². The number of carbonyl (C=O) groups excluding carboxylic acids is 1. The number of nitrogens with one attached hydrogen (secondary N) is 2. The number of hydrogen-bond donors (Lipinski definition) is 4. The Balaban J connectivity index is 1.67. The molecule has 0 radical (unpaired) electrons. The van der Waals surface area contributed by atoms with Gasteiger partial charge in [0.15, 0.2) is 11.6 Å². The maximum absolute atomic E-state index is 14.8. The Hall–Kier alpha value is -4.27. The van der Waals surface area contributed by atoms with Crippen molar-refractivity contribution in [1.29, 1.82) is 0 Å². The number of anilines is 2. The van der Waals surface area contributed by atoms with E-state index in [1.807, 2.05) is 4.90 Å². The van der Waals surface area contributed by atoms with Crippen molar-refractivity contribution >= 4 is 28.3 Å². The lowest BCUT2D eigenvalue weighted by molar-refractivity contribution is -0.117. The fourth-order valence-electron chi connectivity index (χ4n) is 4.40. The molecular weight excluding hydrogens is 540 g/mol. The van der Waals surface area contributed by atoms with Crippen molar-refractivity contribution in [2.24, 2.45) is 5.73 Å². The summed E-state index contributed by atoms with van der Waals surface area (Å²) in [5.41, 5.74) is 9.13. The second-order valence-corrected chi connectivity index (χ2v) is 9.13. The van der Waals surface area contributed by atoms with Gasteiger partial charge in [-0.3, -0.25) is 20.1 Å². The summed E-state index contributed by atoms with van der Waals surface area (Å²) in [6.07, 6.45) is 2.04. The minimum Gasteiger partial charge on any atom is -0.497 e. The number of carbonyl (C=O) groups is 1. The molecule has 0 fully saturated rings. The fraction of sp³-hybridized carbons (Fsp3) is 0.370. The Morgan fingerprint density at radius 1 is 1.20 bits per heavy atom. The smallest absolute Gasteiger partial charge is 0.223 e. The highest BCUT2D eigenvalue weighted by Crippen LogP contribution is 2.36. The van der Waals surface area contributed by atoms with Crippen LogP contribution in [0.3, 0.4) is 0 Å². The zero-order valence-electron chi connectivity index (χ0n) is 22.8. The number of nitrogens with two attached hydrogens (primary N) is 1. The molecule has 0 saturated carbocycles. The molecule has 1 unspecified atom stereocenters. The van der Waals surface area contributed by atoms with E-state index in [1.54, 1.807) is 25.3 Å². The van der Waals surface area contributed by atoms with E-state index in [0.717, 1.165) is 6.07 Å². The number of primary amides is 1. The summed E-state index contributed by atoms with van der Waals surface area (Å²) in [6, 6.07) is 7.22. The molecule has 1 atom stereocenters. The SMILES string of the molecule is COCCN(CCO)CCOc1cc(OC)cc2ncnc(NC3C=C(CC(N)=O)NN3c3cccc(F)c3F)c12. The third-order valence-electron chi connectivity index (χ3n) is 6.35. The van der Waals surface area contributed by atoms with Crippen LogP contribution >= 0.6 is 0 Å². The van der Waals surface area contributed by atoms with Gasteiger partial charge in [-0.25, -0.2) is 18.7 Å². The summed E-state index contributed by atoms with van der Waals surface area (Å²) < 4.78 is 45.7. The van der Waals surface area contributed by atoms with Crippen molar-refractivity contribution in [3.05, 3.63) is 60.1 Å². The molecule has 12 nitrogen and oxygen atoms in total. The average molecular weight is 574 g/mol. The van der Waals surface area contributed by atoms with Gasteiger partial charge in [0.2, 0.25) is 5.91 Å². The van der Waals surface area contributed by atoms with Crippen molar-refractivity contribution in [2.75, 3.05) is 64.0 Å². The van der Waals surface area contributed by atoms with Crippen LogP contribution in [0.25, 0.3) is 10.9 Å². The standard InChI is InChI=1S/C27H33F2N7O5/c1-39-10-7-35(6-9-37)8-11-41-22-15-18(40-2)14-20-25(22)27(32-16-31-20)33-24-13-17(12-23(30)38)34-36(24)21-5-3-4-19(28)26(21)29/h3-5,13-16,24,34,37H,6-12H2,1-2H3,(H2,30,38)(H,31,32,33). The monoisotopic (exact) mass is 573 g/mol. The molecule has 0 bridgehead atoms. The van der Waals surface area contributed by atoms with Crippen molar-refractivity contribution in [2.45, 2.75) is 12.6 Å². The second-order valence-electron chi connectivity index (χ2n) is 9.13. The van der Waals surface area contributed by atoms with Gasteiger partial charge in [-0.2, -0.15) is 0 Å². The Morgan fingerprint density at radius 2 is 2.00 bits per heavy atom. The number of hydrazine groups is 1. The molecule has 3 aromatic rings. The molecule has 14 heteroatoms. The van der Waals surface area contributed by atoms with Gasteiger partial charge < -0.3 is 30.4 Å². The lowest BCUT2D eigenvalue weighted by Gasteiger charge is -2.29. The molecule has 4 rings (SSSR count). The molecular formula is C27H33F2N7O5. The van der Waals surface area contributed by atoms with E-state index in [4.69, 9.17) is 19.9 Å². The number of hydrogen-bond acceptors (Lipinski definition) is 11. The van der Waals surface area contributed by atoms with Crippen molar-refractivity contribution in [3.63, 3.8) is 0 Å². The van der Waals surface area contributed by atoms with Crippen LogP contribution in [0.15, 0.2) is 48.4 Å². The highest BCUT2D eigenvalue weighted by atomic mass is 19.2. The van der Waals surface area contributed by atoms with Gasteiger partial charge in [-0.05, 0) is 18.2 Å². The van der Waals surface area contributed by atoms with E-state index < -0.39 is 23.7 Å². The maximum Gasteiger partial charge on any atom is 0.223 e. The Bertz CT molecular complexity index is 1390. The number of aliphatic hydroxyl groups excluding tert-OH is 1. The first-order valence-corrected chi connectivity index (χ1v) is 12.9. The first kappa shape index (κ1) is 29.7. The first-order valence-electron chi connectivity index (χ1n) is 12.9. The summed E-state index contributed by atoms with van der Waals surface area (Å²) in [7, 11) is 3.14. The van der Waals surface area contributed by atoms with Crippen molar-refractivity contribution in [1.82, 2.24) is 20.3 Å². The van der Waals surface area contributed by atoms with E-state index in [-0.39, 0.29) is 25.3 Å². The van der Waals surface area contributed by atoms with Crippen LogP contribution in [0.5, 0.6) is 11.5 Å². The van der Waals surface area contributed by atoms with Gasteiger partial charge in [0.05, 0.1) is 43.3 Å². The third kappa shape index (κ3) is 7.28. The Kier molecular flexibility index (Phi) is 10.1. The Labute approximate surface area is 235 Å². The normalized spacial score (nSPS) is 14.7. The highest BCUT2D eigenvalue weighted by Gasteiger charge is 2.30. The second kappa shape index (κ2) is 13.9. The van der Waals surface area contributed by atoms with E-state index >= 15 is 0 Å². The number of aliphatic hydroxyl groups is 1. The molecule has 1 aliphatic rings. The zero-order valence-corrected chi connectivity index (χ0v) is 22.8. The summed E-state index contributed by atoms with van der Waals surface area (Å²) in [6.45, 7) is 2.37. The minimum atomic E-state index is -1.07. The van der Waals surface area contributed by atoms with Gasteiger partial charge >= 0.3 is 0 Å². The minimum absolute atomic E-state index is 0.00317. The molecule has 0 spiro atoms. The number of halogens is 2. The largest absolute Gasteiger partial charge is 0.497 e. The van der Waals surface area contributed by atoms with Crippen LogP contribution < -0.4 is 31.0 Å². The molecule has 220 valence electrons. The molecule has 1 aliphatic heterocycles. The van der Waals surface area contributed by atoms with E-state index in [0.29, 0.717) is 60.2 Å². The van der Waals surface area contributed by atoms with Crippen LogP contribution in [-0.2, 0) is 9.53 Å². The molecule has 41 heavy (non-hydrogen) atoms. The summed E-state index contributed by atoms with van der Waals surface area (Å²) >= 11 is 0. The summed E-state index contributed by atoms with van der Waals surface area (Å²) in [4.78, 5) is 22.4. The van der Waals surface area contributed by atoms with Crippen molar-refractivity contribution in [3.8, 4) is 11.5 Å². The summed E-state index contributed by atoms with van der Waals surface area (Å²) in [5.74, 6) is -1.41. The van der Waals surface area contributed by atoms with Crippen LogP contribution in [0.1, 0.15) is 6.42 Å². The molecule has 1 amide bonds. The third-order valence-corrected chi connectivity index (χ3v) is 6.35. The van der Waals surface area contributed by atoms with Gasteiger partial charge in [0, 0.05) is 44.6 Å². The Morgan fingerprint density at radius 3 is 2.73 bits per heavy atom. The molecule has 2 aromatic carbocycles. The molecule has 0 saturated heterocycles. The first-order chi connectivity index (χ1) is 19.8. The number of rotatable bonds is 15. The van der Waals surface area contributed by atoms with Crippen molar-refractivity contribution < 1.29 is 32.9 Å². The van der Waals surface area contributed by atoms with Gasteiger partial charge in [-0.15, -0.1) is 0 Å². The topological polar surface area (TPSA) is 147 Å². The predicted octanol–water partition coefficient (Wildman–Crippen LogP) is 1.76. The number of fused-ring (bicyclic) bond motifs is 1. The van der Waals surface area contributed by atoms with Gasteiger partial charge in [0.1, 0.15) is 36.4 Å². The fourth-order valence-corrected chi connectivity index (χ4v) is 4.40. The number of aromatic nitrogens is 2. The van der Waals surface area contributed by atoms with E-state index in [9.17, 15) is 18.7 Å². The van der Waals surface area contributed by atoms with Gasteiger partial charge in [0.25, 0.3) is 0 Å². The molecule has 5 N–H and O–H groups in total. The van der Waals surface area contributed by atoms with Crippen LogP contribution in [-0.4, -0.2) is 85.7 Å². The number of benzene rings is 2. The summed E-state index contributed by atoms with van der Waals surface area (Å²) in [5, 5.41) is 14.5. The number of amides is 1. The maximum atomic E-state index is 14.8. The highest BCUT2D eigenvalue weighted by molar-refractivity contribution is 5.95. The van der Waals surface area contributed by atoms with E-state index in [2.05, 4.69) is 20.7 Å². The van der Waals surface area contributed by atoms with Crippen LogP contribution in [0.2, 0.25) is 0 Å². The molecule has 2 heterocycles. The lowest BCUT2D eigenvalue weighted by Crippen LogP contribution is -2.44. The number of nitrogens with zero attached hydrogens (tertiary/aromatic N) is 4. The lowest BCUT2D eigenvalue weighted by atomic mass is 10.2. The number of methoxy groups -OCH3 is 2. The van der Waals surface area contributed by atoms with E-state index in [1.165, 1.54) is 30.6 Å². The van der Waals surface area contributed by atoms with Crippen LogP contribution in [0, 0.1) is 11.6 Å². The molecule has 1 aromatic heterocycles.